The van der Waals surface area contributed by atoms with Gasteiger partial charge < -0.3 is 9.80 Å². The third-order valence-electron chi connectivity index (χ3n) is 11.6. The molecule has 0 atom stereocenters. The van der Waals surface area contributed by atoms with E-state index in [1.165, 1.54) is 81.0 Å². The SMILES string of the molecule is C1CCC(P(C2CCCCC2)C2CCCCC2)CC1.Cc1cc(C)c(N2C=CN(c3c(C)cc(C)cc3C)C2)c(C)c1.[Cl][Ru]([Cl])=[CH]c1ccccc1. The van der Waals surface area contributed by atoms with Gasteiger partial charge in [0.15, 0.2) is 0 Å². The second kappa shape index (κ2) is 21.0. The molecular formula is C46H65Cl2N2PRu. The number of anilines is 2. The molecule has 1 aliphatic heterocycles. The van der Waals surface area contributed by atoms with Crippen molar-refractivity contribution in [2.75, 3.05) is 16.5 Å². The molecule has 3 aromatic rings. The number of rotatable bonds is 6. The third kappa shape index (κ3) is 12.0. The van der Waals surface area contributed by atoms with Crippen LogP contribution in [0.1, 0.15) is 135 Å². The van der Waals surface area contributed by atoms with E-state index in [9.17, 15) is 0 Å². The Kier molecular flexibility index (Phi) is 16.8. The van der Waals surface area contributed by atoms with E-state index >= 15 is 0 Å². The Balaban J connectivity index is 0.000000162. The predicted octanol–water partition coefficient (Wildman–Crippen LogP) is 14.5. The monoisotopic (exact) mass is 848 g/mol. The average Bonchev–Trinajstić information content (AvgIpc) is 3.58. The quantitative estimate of drug-likeness (QED) is 0.180. The molecule has 0 N–H and O–H groups in total. The molecule has 1 heterocycles. The van der Waals surface area contributed by atoms with Crippen LogP contribution in [0.4, 0.5) is 11.4 Å². The normalized spacial score (nSPS) is 18.8. The predicted molar refractivity (Wildman–Crippen MR) is 231 cm³/mol. The van der Waals surface area contributed by atoms with Crippen LogP contribution in [0, 0.1) is 41.5 Å². The molecule has 52 heavy (non-hydrogen) atoms. The first-order chi connectivity index (χ1) is 25.1. The van der Waals surface area contributed by atoms with Gasteiger partial charge in [-0.1, -0.05) is 101 Å². The van der Waals surface area contributed by atoms with Crippen LogP contribution >= 0.6 is 27.3 Å². The van der Waals surface area contributed by atoms with Gasteiger partial charge in [0, 0.05) is 23.8 Å². The van der Waals surface area contributed by atoms with Gasteiger partial charge in [-0.15, -0.1) is 0 Å². The van der Waals surface area contributed by atoms with E-state index in [0.29, 0.717) is 7.92 Å². The van der Waals surface area contributed by atoms with Crippen molar-refractivity contribution < 1.29 is 13.5 Å². The fourth-order valence-electron chi connectivity index (χ4n) is 9.60. The van der Waals surface area contributed by atoms with Gasteiger partial charge >= 0.3 is 73.4 Å². The third-order valence-corrected chi connectivity index (χ3v) is 17.5. The number of nitrogens with zero attached hydrogens (tertiary/aromatic N) is 2. The van der Waals surface area contributed by atoms with Gasteiger partial charge in [-0.25, -0.2) is 0 Å². The molecule has 0 amide bonds. The van der Waals surface area contributed by atoms with Crippen molar-refractivity contribution in [2.24, 2.45) is 0 Å². The van der Waals surface area contributed by atoms with E-state index in [1.807, 2.05) is 34.9 Å². The Morgan fingerprint density at radius 1 is 0.538 bits per heavy atom. The van der Waals surface area contributed by atoms with Crippen LogP contribution in [0.5, 0.6) is 0 Å². The molecule has 7 rings (SSSR count). The van der Waals surface area contributed by atoms with E-state index in [-0.39, 0.29) is 0 Å². The molecule has 0 unspecified atom stereocenters. The summed E-state index contributed by atoms with van der Waals surface area (Å²) in [6.45, 7) is 14.0. The fourth-order valence-corrected chi connectivity index (χ4v) is 16.1. The van der Waals surface area contributed by atoms with E-state index < -0.39 is 13.5 Å². The Morgan fingerprint density at radius 2 is 0.885 bits per heavy atom. The number of benzene rings is 3. The minimum absolute atomic E-state index is 0.385. The number of hydrogen-bond donors (Lipinski definition) is 0. The van der Waals surface area contributed by atoms with Crippen molar-refractivity contribution in [3.05, 3.63) is 106 Å². The molecule has 0 bridgehead atoms. The molecule has 3 aliphatic carbocycles. The van der Waals surface area contributed by atoms with Crippen molar-refractivity contribution in [1.82, 2.24) is 0 Å². The van der Waals surface area contributed by atoms with Crippen LogP contribution in [-0.4, -0.2) is 28.3 Å². The zero-order chi connectivity index (χ0) is 37.0. The van der Waals surface area contributed by atoms with E-state index in [2.05, 4.69) is 88.0 Å². The second-order valence-electron chi connectivity index (χ2n) is 15.9. The van der Waals surface area contributed by atoms with Crippen molar-refractivity contribution in [1.29, 1.82) is 0 Å². The standard InChI is InChI=1S/C21H26N2.C18H33P.C7H6.2ClH.Ru/c1-14-9-16(3)20(17(4)10-14)22-7-8-23(13-22)21-18(5)11-15(2)12-19(21)6;1-4-10-16(11-5-1)19(17-12-6-2-7-13-17)18-14-8-3-9-15-18;1-7-5-3-2-4-6-7;;;/h7-12H,13H2,1-6H3;16-18H,1-15H2;1-6H;2*1H;/q;;;;;+2/p-2. The van der Waals surface area contributed by atoms with Crippen LogP contribution in [0.15, 0.2) is 67.0 Å². The molecule has 3 fully saturated rings. The fraction of sp³-hybridized carbons (Fsp3) is 0.543. The molecule has 4 aliphatic rings. The Labute approximate surface area is 332 Å². The van der Waals surface area contributed by atoms with Crippen LogP contribution < -0.4 is 9.80 Å². The maximum absolute atomic E-state index is 5.67. The molecule has 0 radical (unpaired) electrons. The van der Waals surface area contributed by atoms with E-state index in [4.69, 9.17) is 19.4 Å². The van der Waals surface area contributed by atoms with Crippen molar-refractivity contribution in [2.45, 2.75) is 155 Å². The summed E-state index contributed by atoms with van der Waals surface area (Å²) in [5.41, 5.74) is 15.4. The number of halogens is 2. The summed E-state index contributed by atoms with van der Waals surface area (Å²) in [4.78, 5) is 4.70. The minimum atomic E-state index is -1.61. The molecule has 0 spiro atoms. The zero-order valence-electron chi connectivity index (χ0n) is 32.9. The van der Waals surface area contributed by atoms with Gasteiger partial charge in [0.1, 0.15) is 0 Å². The second-order valence-corrected chi connectivity index (χ2v) is 24.7. The van der Waals surface area contributed by atoms with Crippen molar-refractivity contribution >= 4 is 43.3 Å². The van der Waals surface area contributed by atoms with Gasteiger partial charge in [-0.3, -0.25) is 0 Å². The van der Waals surface area contributed by atoms with Crippen LogP contribution in [0.25, 0.3) is 0 Å². The summed E-state index contributed by atoms with van der Waals surface area (Å²) >= 11 is -1.61. The first kappa shape index (κ1) is 41.7. The van der Waals surface area contributed by atoms with Crippen LogP contribution in [-0.2, 0) is 13.5 Å². The zero-order valence-corrected chi connectivity index (χ0v) is 37.1. The van der Waals surface area contributed by atoms with Gasteiger partial charge in [0.05, 0.1) is 6.67 Å². The Hall–Kier alpha value is -1.50. The molecular weight excluding hydrogens is 783 g/mol. The van der Waals surface area contributed by atoms with Gasteiger partial charge in [-0.05, 0) is 119 Å². The Morgan fingerprint density at radius 3 is 1.21 bits per heavy atom. The molecule has 2 nitrogen and oxygen atoms in total. The summed E-state index contributed by atoms with van der Waals surface area (Å²) in [6.07, 6.45) is 28.0. The Bertz CT molecular complexity index is 1460. The summed E-state index contributed by atoms with van der Waals surface area (Å²) in [6, 6.07) is 19.0. The maximum atomic E-state index is 5.67. The summed E-state index contributed by atoms with van der Waals surface area (Å²) < 4.78 is 1.92. The van der Waals surface area contributed by atoms with Gasteiger partial charge in [-0.2, -0.15) is 0 Å². The van der Waals surface area contributed by atoms with Crippen LogP contribution in [0.3, 0.4) is 0 Å². The first-order valence-corrected chi connectivity index (χ1v) is 27.2. The molecule has 286 valence electrons. The summed E-state index contributed by atoms with van der Waals surface area (Å²) in [5.74, 6) is 0. The molecule has 3 aromatic carbocycles. The molecule has 0 aromatic heterocycles. The first-order valence-electron chi connectivity index (χ1n) is 20.1. The van der Waals surface area contributed by atoms with Crippen molar-refractivity contribution in [3.8, 4) is 0 Å². The molecule has 6 heteroatoms. The number of hydrogen-bond acceptors (Lipinski definition) is 2. The van der Waals surface area contributed by atoms with Gasteiger partial charge in [0.25, 0.3) is 0 Å². The summed E-state index contributed by atoms with van der Waals surface area (Å²) in [7, 11) is 11.7. The molecule has 0 saturated heterocycles. The van der Waals surface area contributed by atoms with Crippen LogP contribution in [0.2, 0.25) is 0 Å². The molecule has 3 saturated carbocycles. The van der Waals surface area contributed by atoms with E-state index in [0.717, 1.165) is 12.2 Å². The van der Waals surface area contributed by atoms with E-state index in [1.54, 1.807) is 77.0 Å². The number of aryl methyl sites for hydroxylation is 6. The topological polar surface area (TPSA) is 6.48 Å². The van der Waals surface area contributed by atoms with Gasteiger partial charge in [0.2, 0.25) is 0 Å². The summed E-state index contributed by atoms with van der Waals surface area (Å²) in [5, 5.41) is 0. The van der Waals surface area contributed by atoms with Crippen molar-refractivity contribution in [3.63, 3.8) is 0 Å². The average molecular weight is 849 g/mol.